The van der Waals surface area contributed by atoms with E-state index < -0.39 is 17.0 Å². The van der Waals surface area contributed by atoms with Gasteiger partial charge in [0.1, 0.15) is 17.0 Å². The van der Waals surface area contributed by atoms with Crippen LogP contribution in [0.3, 0.4) is 0 Å². The fourth-order valence-corrected chi connectivity index (χ4v) is 2.86. The highest BCUT2D eigenvalue weighted by Crippen LogP contribution is 2.54. The first-order chi connectivity index (χ1) is 11.0. The molecule has 0 aromatic heterocycles. The van der Waals surface area contributed by atoms with Crippen LogP contribution in [0.15, 0.2) is 48.5 Å². The summed E-state index contributed by atoms with van der Waals surface area (Å²) in [5, 5.41) is 2.50. The lowest BCUT2D eigenvalue weighted by molar-refractivity contribution is -0.128. The van der Waals surface area contributed by atoms with E-state index >= 15 is 0 Å². The molecular weight excluding hydrogens is 302 g/mol. The van der Waals surface area contributed by atoms with Gasteiger partial charge in [-0.05, 0) is 61.4 Å². The molecule has 2 aromatic rings. The van der Waals surface area contributed by atoms with Crippen LogP contribution in [0, 0.1) is 17.0 Å². The van der Waals surface area contributed by atoms with Gasteiger partial charge in [0.2, 0.25) is 0 Å². The summed E-state index contributed by atoms with van der Waals surface area (Å²) >= 11 is 0. The first-order valence-corrected chi connectivity index (χ1v) is 7.23. The minimum absolute atomic E-state index is 0.321. The minimum Gasteiger partial charge on any atom is -0.271 e. The van der Waals surface area contributed by atoms with E-state index in [-0.39, 0.29) is 11.8 Å². The SMILES string of the molecule is O=C1N(c2ccc(F)cc2)N(c2ccc(F)cc2)C(=O)C12CC2. The number of benzene rings is 2. The molecule has 6 heteroatoms. The number of rotatable bonds is 2. The van der Waals surface area contributed by atoms with E-state index in [0.717, 1.165) is 0 Å². The zero-order valence-corrected chi connectivity index (χ0v) is 12.0. The van der Waals surface area contributed by atoms with Crippen molar-refractivity contribution in [3.8, 4) is 0 Å². The number of hydrazine groups is 1. The van der Waals surface area contributed by atoms with E-state index in [1.165, 1.54) is 58.5 Å². The maximum atomic E-state index is 13.2. The van der Waals surface area contributed by atoms with Gasteiger partial charge >= 0.3 is 0 Å². The van der Waals surface area contributed by atoms with Crippen LogP contribution in [-0.2, 0) is 9.59 Å². The Morgan fingerprint density at radius 3 is 1.35 bits per heavy atom. The Kier molecular flexibility index (Phi) is 2.78. The van der Waals surface area contributed by atoms with Gasteiger partial charge in [-0.1, -0.05) is 0 Å². The second-order valence-electron chi connectivity index (χ2n) is 5.77. The average molecular weight is 314 g/mol. The minimum atomic E-state index is -1.01. The Balaban J connectivity index is 1.83. The molecule has 23 heavy (non-hydrogen) atoms. The first-order valence-electron chi connectivity index (χ1n) is 7.23. The van der Waals surface area contributed by atoms with Crippen LogP contribution in [-0.4, -0.2) is 11.8 Å². The number of amides is 2. The van der Waals surface area contributed by atoms with E-state index in [2.05, 4.69) is 0 Å². The molecule has 0 atom stereocenters. The Morgan fingerprint density at radius 2 is 1.04 bits per heavy atom. The zero-order chi connectivity index (χ0) is 16.2. The predicted molar refractivity (Wildman–Crippen MR) is 79.4 cm³/mol. The summed E-state index contributed by atoms with van der Waals surface area (Å²) in [7, 11) is 0. The summed E-state index contributed by atoms with van der Waals surface area (Å²) in [6, 6.07) is 10.7. The third kappa shape index (κ3) is 1.94. The van der Waals surface area contributed by atoms with Gasteiger partial charge in [0.05, 0.1) is 11.4 Å². The molecule has 1 spiro atoms. The van der Waals surface area contributed by atoms with Crippen LogP contribution in [0.2, 0.25) is 0 Å². The topological polar surface area (TPSA) is 40.6 Å². The van der Waals surface area contributed by atoms with Crippen molar-refractivity contribution in [3.63, 3.8) is 0 Å². The number of hydrogen-bond acceptors (Lipinski definition) is 2. The lowest BCUT2D eigenvalue weighted by Crippen LogP contribution is -2.41. The van der Waals surface area contributed by atoms with Crippen LogP contribution in [0.5, 0.6) is 0 Å². The molecule has 0 radical (unpaired) electrons. The Bertz CT molecular complexity index is 733. The second-order valence-corrected chi connectivity index (χ2v) is 5.77. The zero-order valence-electron chi connectivity index (χ0n) is 12.0. The summed E-state index contributed by atoms with van der Waals surface area (Å²) in [6.45, 7) is 0. The van der Waals surface area contributed by atoms with Gasteiger partial charge in [-0.25, -0.2) is 18.8 Å². The quantitative estimate of drug-likeness (QED) is 0.800. The normalized spacial score (nSPS) is 18.9. The number of carbonyl (C=O) groups is 2. The summed E-state index contributed by atoms with van der Waals surface area (Å²) in [4.78, 5) is 25.5. The summed E-state index contributed by atoms with van der Waals surface area (Å²) in [5.41, 5.74) is -0.210. The molecule has 1 heterocycles. The Morgan fingerprint density at radius 1 is 0.696 bits per heavy atom. The van der Waals surface area contributed by atoms with E-state index in [1.807, 2.05) is 0 Å². The maximum Gasteiger partial charge on any atom is 0.261 e. The predicted octanol–water partition coefficient (Wildman–Crippen LogP) is 3.04. The first kappa shape index (κ1) is 13.9. The number of carbonyl (C=O) groups excluding carboxylic acids is 2. The third-order valence-electron chi connectivity index (χ3n) is 4.30. The van der Waals surface area contributed by atoms with Crippen LogP contribution in [0.4, 0.5) is 20.2 Å². The molecule has 1 saturated heterocycles. The van der Waals surface area contributed by atoms with Crippen LogP contribution < -0.4 is 10.0 Å². The number of nitrogens with zero attached hydrogens (tertiary/aromatic N) is 2. The van der Waals surface area contributed by atoms with Crippen molar-refractivity contribution in [1.29, 1.82) is 0 Å². The van der Waals surface area contributed by atoms with Crippen molar-refractivity contribution in [2.24, 2.45) is 5.41 Å². The molecule has 116 valence electrons. The monoisotopic (exact) mass is 314 g/mol. The van der Waals surface area contributed by atoms with Crippen LogP contribution >= 0.6 is 0 Å². The van der Waals surface area contributed by atoms with Gasteiger partial charge in [0.15, 0.2) is 0 Å². The van der Waals surface area contributed by atoms with Gasteiger partial charge in [0.25, 0.3) is 11.8 Å². The lowest BCUT2D eigenvalue weighted by atomic mass is 10.1. The smallest absolute Gasteiger partial charge is 0.261 e. The molecule has 2 aromatic carbocycles. The molecule has 1 aliphatic carbocycles. The van der Waals surface area contributed by atoms with Gasteiger partial charge in [-0.2, -0.15) is 0 Å². The fraction of sp³-hybridized carbons (Fsp3) is 0.176. The van der Waals surface area contributed by atoms with E-state index in [0.29, 0.717) is 24.2 Å². The molecule has 2 aliphatic rings. The molecule has 1 saturated carbocycles. The summed E-state index contributed by atoms with van der Waals surface area (Å²) < 4.78 is 26.3. The van der Waals surface area contributed by atoms with Gasteiger partial charge in [-0.15, -0.1) is 0 Å². The summed E-state index contributed by atoms with van der Waals surface area (Å²) in [6.07, 6.45) is 1.00. The maximum absolute atomic E-state index is 13.2. The average Bonchev–Trinajstić information content (AvgIpc) is 3.32. The molecular formula is C17H12F2N2O2. The molecule has 4 nitrogen and oxygen atoms in total. The lowest BCUT2D eigenvalue weighted by Gasteiger charge is -2.27. The van der Waals surface area contributed by atoms with E-state index in [9.17, 15) is 18.4 Å². The van der Waals surface area contributed by atoms with Gasteiger partial charge in [-0.3, -0.25) is 9.59 Å². The van der Waals surface area contributed by atoms with Crippen LogP contribution in [0.1, 0.15) is 12.8 Å². The Hall–Kier alpha value is -2.76. The number of anilines is 2. The molecule has 2 fully saturated rings. The second kappa shape index (κ2) is 4.62. The third-order valence-corrected chi connectivity index (χ3v) is 4.30. The van der Waals surface area contributed by atoms with Gasteiger partial charge in [0, 0.05) is 0 Å². The van der Waals surface area contributed by atoms with E-state index in [1.54, 1.807) is 0 Å². The Labute approximate surface area is 130 Å². The molecule has 0 N–H and O–H groups in total. The highest BCUT2D eigenvalue weighted by atomic mass is 19.1. The van der Waals surface area contributed by atoms with Gasteiger partial charge < -0.3 is 0 Å². The van der Waals surface area contributed by atoms with Crippen molar-refractivity contribution < 1.29 is 18.4 Å². The highest BCUT2D eigenvalue weighted by molar-refractivity contribution is 6.27. The van der Waals surface area contributed by atoms with Crippen molar-refractivity contribution >= 4 is 23.2 Å². The van der Waals surface area contributed by atoms with Crippen molar-refractivity contribution in [2.45, 2.75) is 12.8 Å². The fourth-order valence-electron chi connectivity index (χ4n) is 2.86. The van der Waals surface area contributed by atoms with Crippen molar-refractivity contribution in [3.05, 3.63) is 60.2 Å². The van der Waals surface area contributed by atoms with Crippen molar-refractivity contribution in [2.75, 3.05) is 10.0 Å². The molecule has 0 bridgehead atoms. The van der Waals surface area contributed by atoms with E-state index in [4.69, 9.17) is 0 Å². The number of hydrogen-bond donors (Lipinski definition) is 0. The highest BCUT2D eigenvalue weighted by Gasteiger charge is 2.66. The molecule has 1 aliphatic heterocycles. The molecule has 0 unspecified atom stereocenters. The molecule has 4 rings (SSSR count). The standard InChI is InChI=1S/C17H12F2N2O2/c18-11-1-5-13(6-2-11)20-15(22)17(9-10-17)16(23)21(20)14-7-3-12(19)4-8-14/h1-8H,9-10H2. The van der Waals surface area contributed by atoms with Crippen molar-refractivity contribution in [1.82, 2.24) is 0 Å². The largest absolute Gasteiger partial charge is 0.271 e. The number of halogens is 2. The summed E-state index contributed by atoms with van der Waals surface area (Å²) in [5.74, 6) is -1.50. The molecule has 2 amide bonds. The van der Waals surface area contributed by atoms with Crippen LogP contribution in [0.25, 0.3) is 0 Å².